The van der Waals surface area contributed by atoms with Gasteiger partial charge in [-0.3, -0.25) is 4.79 Å². The number of nitrogens with zero attached hydrogens (tertiary/aromatic N) is 2. The molecule has 3 rings (SSSR count). The van der Waals surface area contributed by atoms with E-state index in [1.165, 1.54) is 0 Å². The molecule has 0 atom stereocenters. The summed E-state index contributed by atoms with van der Waals surface area (Å²) in [7, 11) is 0. The number of hydrogen-bond donors (Lipinski definition) is 1. The number of nitriles is 1. The van der Waals surface area contributed by atoms with Crippen molar-refractivity contribution >= 4 is 28.4 Å². The number of nitrogens with one attached hydrogen (secondary N) is 1. The van der Waals surface area contributed by atoms with Gasteiger partial charge in [-0.15, -0.1) is 0 Å². The molecule has 1 saturated heterocycles. The lowest BCUT2D eigenvalue weighted by atomic mass is 9.92. The quantitative estimate of drug-likeness (QED) is 0.945. The first-order valence-corrected chi connectivity index (χ1v) is 7.54. The zero-order chi connectivity index (χ0) is 15.6. The number of hydrogen-bond acceptors (Lipinski definition) is 3. The van der Waals surface area contributed by atoms with Crippen molar-refractivity contribution in [3.8, 4) is 6.07 Å². The van der Waals surface area contributed by atoms with E-state index in [2.05, 4.69) is 11.4 Å². The standard InChI is InChI=1S/C16H16ClN3O2/c17-13-2-1-12-3-6-20(14(12)9-13)10-15(21)19-16(11-18)4-7-22-8-5-16/h1-3,6,9H,4-5,7-8,10H2,(H,19,21). The van der Waals surface area contributed by atoms with Crippen LogP contribution in [-0.4, -0.2) is 29.2 Å². The lowest BCUT2D eigenvalue weighted by Crippen LogP contribution is -2.51. The number of halogens is 1. The minimum absolute atomic E-state index is 0.161. The summed E-state index contributed by atoms with van der Waals surface area (Å²) in [5.41, 5.74) is 0.0938. The average Bonchev–Trinajstić information content (AvgIpc) is 2.90. The number of fused-ring (bicyclic) bond motifs is 1. The summed E-state index contributed by atoms with van der Waals surface area (Å²) in [5.74, 6) is -0.180. The molecule has 2 aromatic rings. The SMILES string of the molecule is N#CC1(NC(=O)Cn2ccc3ccc(Cl)cc32)CCOCC1. The highest BCUT2D eigenvalue weighted by Crippen LogP contribution is 2.22. The Morgan fingerprint density at radius 3 is 2.91 bits per heavy atom. The minimum Gasteiger partial charge on any atom is -0.381 e. The summed E-state index contributed by atoms with van der Waals surface area (Å²) in [6, 6.07) is 9.74. The van der Waals surface area contributed by atoms with Gasteiger partial charge in [-0.1, -0.05) is 17.7 Å². The van der Waals surface area contributed by atoms with Crippen LogP contribution < -0.4 is 5.32 Å². The van der Waals surface area contributed by atoms with Crippen LogP contribution in [0.5, 0.6) is 0 Å². The number of ether oxygens (including phenoxy) is 1. The monoisotopic (exact) mass is 317 g/mol. The van der Waals surface area contributed by atoms with E-state index in [1.54, 1.807) is 0 Å². The fraction of sp³-hybridized carbons (Fsp3) is 0.375. The normalized spacial score (nSPS) is 17.1. The van der Waals surface area contributed by atoms with Gasteiger partial charge in [-0.25, -0.2) is 0 Å². The maximum absolute atomic E-state index is 12.3. The van der Waals surface area contributed by atoms with Gasteiger partial charge in [0.2, 0.25) is 5.91 Å². The van der Waals surface area contributed by atoms with Crippen molar-refractivity contribution < 1.29 is 9.53 Å². The van der Waals surface area contributed by atoms with Gasteiger partial charge in [0.05, 0.1) is 6.07 Å². The second kappa shape index (κ2) is 5.99. The van der Waals surface area contributed by atoms with Crippen molar-refractivity contribution in [3.05, 3.63) is 35.5 Å². The summed E-state index contributed by atoms with van der Waals surface area (Å²) < 4.78 is 7.10. The number of carbonyl (C=O) groups excluding carboxylic acids is 1. The first-order chi connectivity index (χ1) is 10.6. The van der Waals surface area contributed by atoms with E-state index in [1.807, 2.05) is 35.0 Å². The molecular formula is C16H16ClN3O2. The molecule has 1 aliphatic rings. The van der Waals surface area contributed by atoms with Gasteiger partial charge >= 0.3 is 0 Å². The highest BCUT2D eigenvalue weighted by Gasteiger charge is 2.34. The molecule has 1 aromatic carbocycles. The van der Waals surface area contributed by atoms with Crippen molar-refractivity contribution in [3.63, 3.8) is 0 Å². The van der Waals surface area contributed by atoms with Crippen molar-refractivity contribution in [2.75, 3.05) is 13.2 Å². The van der Waals surface area contributed by atoms with Crippen LogP contribution in [0.15, 0.2) is 30.5 Å². The molecule has 0 unspecified atom stereocenters. The average molecular weight is 318 g/mol. The molecule has 1 fully saturated rings. The fourth-order valence-corrected chi connectivity index (χ4v) is 2.91. The molecule has 0 radical (unpaired) electrons. The van der Waals surface area contributed by atoms with Crippen LogP contribution in [0.25, 0.3) is 10.9 Å². The number of carbonyl (C=O) groups is 1. The molecule has 22 heavy (non-hydrogen) atoms. The van der Waals surface area contributed by atoms with Crippen molar-refractivity contribution in [1.82, 2.24) is 9.88 Å². The van der Waals surface area contributed by atoms with Crippen LogP contribution in [0.4, 0.5) is 0 Å². The fourth-order valence-electron chi connectivity index (χ4n) is 2.74. The highest BCUT2D eigenvalue weighted by atomic mass is 35.5. The zero-order valence-corrected chi connectivity index (χ0v) is 12.8. The van der Waals surface area contributed by atoms with Crippen molar-refractivity contribution in [2.24, 2.45) is 0 Å². The van der Waals surface area contributed by atoms with Crippen LogP contribution in [0.2, 0.25) is 5.02 Å². The van der Waals surface area contributed by atoms with Gasteiger partial charge in [0, 0.05) is 42.8 Å². The Hall–Kier alpha value is -2.03. The molecule has 5 nitrogen and oxygen atoms in total. The number of benzene rings is 1. The second-order valence-corrected chi connectivity index (χ2v) is 5.94. The lowest BCUT2D eigenvalue weighted by molar-refractivity contribution is -0.123. The molecule has 0 aliphatic carbocycles. The molecule has 1 N–H and O–H groups in total. The van der Waals surface area contributed by atoms with Gasteiger partial charge in [0.1, 0.15) is 12.1 Å². The van der Waals surface area contributed by atoms with Crippen molar-refractivity contribution in [1.29, 1.82) is 5.26 Å². The third kappa shape index (κ3) is 2.94. The van der Waals surface area contributed by atoms with E-state index in [-0.39, 0.29) is 12.5 Å². The van der Waals surface area contributed by atoms with E-state index in [4.69, 9.17) is 16.3 Å². The predicted octanol–water partition coefficient (Wildman–Crippen LogP) is 2.48. The molecule has 0 saturated carbocycles. The van der Waals surface area contributed by atoms with E-state index in [9.17, 15) is 10.1 Å². The predicted molar refractivity (Wildman–Crippen MR) is 83.5 cm³/mol. The smallest absolute Gasteiger partial charge is 0.241 e. The number of amides is 1. The summed E-state index contributed by atoms with van der Waals surface area (Å²) in [6.45, 7) is 1.15. The maximum atomic E-state index is 12.3. The molecule has 114 valence electrons. The van der Waals surface area contributed by atoms with Crippen molar-refractivity contribution in [2.45, 2.75) is 24.9 Å². The second-order valence-electron chi connectivity index (χ2n) is 5.50. The molecule has 1 aliphatic heterocycles. The van der Waals surface area contributed by atoms with Gasteiger partial charge in [-0.05, 0) is 23.6 Å². The molecule has 6 heteroatoms. The summed E-state index contributed by atoms with van der Waals surface area (Å²) in [5, 5.41) is 13.9. The molecule has 0 bridgehead atoms. The van der Waals surface area contributed by atoms with Crippen LogP contribution in [0, 0.1) is 11.3 Å². The zero-order valence-electron chi connectivity index (χ0n) is 12.0. The third-order valence-corrected chi connectivity index (χ3v) is 4.22. The maximum Gasteiger partial charge on any atom is 0.241 e. The number of aromatic nitrogens is 1. The van der Waals surface area contributed by atoms with Gasteiger partial charge < -0.3 is 14.6 Å². The largest absolute Gasteiger partial charge is 0.381 e. The Balaban J connectivity index is 1.76. The summed E-state index contributed by atoms with van der Waals surface area (Å²) >= 11 is 6.01. The van der Waals surface area contributed by atoms with Gasteiger partial charge in [0.15, 0.2) is 0 Å². The Morgan fingerprint density at radius 1 is 1.41 bits per heavy atom. The first-order valence-electron chi connectivity index (χ1n) is 7.16. The summed E-state index contributed by atoms with van der Waals surface area (Å²) in [6.07, 6.45) is 2.89. The minimum atomic E-state index is -0.810. The van der Waals surface area contributed by atoms with Crippen LogP contribution in [-0.2, 0) is 16.1 Å². The highest BCUT2D eigenvalue weighted by molar-refractivity contribution is 6.31. The van der Waals surface area contributed by atoms with Crippen LogP contribution in [0.3, 0.4) is 0 Å². The van der Waals surface area contributed by atoms with Crippen LogP contribution in [0.1, 0.15) is 12.8 Å². The lowest BCUT2D eigenvalue weighted by Gasteiger charge is -2.31. The number of rotatable bonds is 3. The first kappa shape index (κ1) is 14.9. The molecule has 2 heterocycles. The Bertz CT molecular complexity index is 741. The topological polar surface area (TPSA) is 67.0 Å². The Labute approximate surface area is 133 Å². The Morgan fingerprint density at radius 2 is 2.18 bits per heavy atom. The molecule has 0 spiro atoms. The van der Waals surface area contributed by atoms with Crippen LogP contribution >= 0.6 is 11.6 Å². The van der Waals surface area contributed by atoms with E-state index in [0.717, 1.165) is 10.9 Å². The third-order valence-electron chi connectivity index (χ3n) is 3.99. The van der Waals surface area contributed by atoms with Gasteiger partial charge in [0.25, 0.3) is 0 Å². The van der Waals surface area contributed by atoms with E-state index >= 15 is 0 Å². The summed E-state index contributed by atoms with van der Waals surface area (Å²) in [4.78, 5) is 12.3. The van der Waals surface area contributed by atoms with Gasteiger partial charge in [-0.2, -0.15) is 5.26 Å². The molecule has 1 amide bonds. The van der Waals surface area contributed by atoms with E-state index < -0.39 is 5.54 Å². The van der Waals surface area contributed by atoms with E-state index in [0.29, 0.717) is 31.1 Å². The Kier molecular flexibility index (Phi) is 4.06. The molecule has 1 aromatic heterocycles. The molecular weight excluding hydrogens is 302 g/mol.